The van der Waals surface area contributed by atoms with Gasteiger partial charge < -0.3 is 5.32 Å². The lowest BCUT2D eigenvalue weighted by molar-refractivity contribution is 0.102. The van der Waals surface area contributed by atoms with E-state index >= 15 is 0 Å². The summed E-state index contributed by atoms with van der Waals surface area (Å²) in [6, 6.07) is 9.36. The second-order valence-corrected chi connectivity index (χ2v) is 4.78. The van der Waals surface area contributed by atoms with Crippen molar-refractivity contribution in [1.29, 1.82) is 0 Å². The first kappa shape index (κ1) is 13.6. The summed E-state index contributed by atoms with van der Waals surface area (Å²) in [5.41, 5.74) is 2.59. The second-order valence-electron chi connectivity index (χ2n) is 4.38. The zero-order valence-corrected chi connectivity index (χ0v) is 11.4. The Balaban J connectivity index is 2.23. The fourth-order valence-corrected chi connectivity index (χ4v) is 1.93. The maximum absolute atomic E-state index is 13.0. The van der Waals surface area contributed by atoms with Crippen LogP contribution in [0.1, 0.15) is 21.5 Å². The maximum Gasteiger partial charge on any atom is 0.255 e. The van der Waals surface area contributed by atoms with Gasteiger partial charge in [0.15, 0.2) is 0 Å². The number of hydrogen-bond donors (Lipinski definition) is 1. The molecule has 0 atom stereocenters. The van der Waals surface area contributed by atoms with E-state index in [1.807, 2.05) is 13.0 Å². The van der Waals surface area contributed by atoms with Crippen molar-refractivity contribution in [2.24, 2.45) is 0 Å². The average molecular weight is 278 g/mol. The summed E-state index contributed by atoms with van der Waals surface area (Å²) in [4.78, 5) is 12.1. The molecule has 2 rings (SSSR count). The number of rotatable bonds is 2. The molecule has 2 aromatic carbocycles. The largest absolute Gasteiger partial charge is 0.322 e. The third-order valence-electron chi connectivity index (χ3n) is 2.86. The monoisotopic (exact) mass is 277 g/mol. The molecule has 0 aliphatic rings. The van der Waals surface area contributed by atoms with E-state index in [1.165, 1.54) is 18.2 Å². The number of carbonyl (C=O) groups excluding carboxylic acids is 1. The first-order valence-corrected chi connectivity index (χ1v) is 6.19. The Bertz CT molecular complexity index is 640. The Hall–Kier alpha value is -1.87. The Morgan fingerprint density at radius 1 is 1.11 bits per heavy atom. The highest BCUT2D eigenvalue weighted by Gasteiger charge is 2.10. The SMILES string of the molecule is Cc1ccc(NC(=O)c2ccc(F)cc2C)cc1Cl. The minimum Gasteiger partial charge on any atom is -0.322 e. The van der Waals surface area contributed by atoms with E-state index < -0.39 is 0 Å². The van der Waals surface area contributed by atoms with Crippen LogP contribution in [0.25, 0.3) is 0 Å². The van der Waals surface area contributed by atoms with Gasteiger partial charge in [-0.15, -0.1) is 0 Å². The molecule has 0 saturated carbocycles. The number of amides is 1. The van der Waals surface area contributed by atoms with Crippen molar-refractivity contribution in [3.8, 4) is 0 Å². The maximum atomic E-state index is 13.0. The molecular weight excluding hydrogens is 265 g/mol. The molecule has 2 nitrogen and oxygen atoms in total. The van der Waals surface area contributed by atoms with Crippen LogP contribution in [-0.2, 0) is 0 Å². The van der Waals surface area contributed by atoms with Gasteiger partial charge in [-0.2, -0.15) is 0 Å². The lowest BCUT2D eigenvalue weighted by Crippen LogP contribution is -2.13. The van der Waals surface area contributed by atoms with Gasteiger partial charge in [0, 0.05) is 16.3 Å². The molecule has 0 spiro atoms. The van der Waals surface area contributed by atoms with Gasteiger partial charge in [0.05, 0.1) is 0 Å². The summed E-state index contributed by atoms with van der Waals surface area (Å²) in [5.74, 6) is -0.634. The molecule has 1 amide bonds. The van der Waals surface area contributed by atoms with E-state index in [2.05, 4.69) is 5.32 Å². The number of carbonyl (C=O) groups is 1. The van der Waals surface area contributed by atoms with Crippen molar-refractivity contribution in [1.82, 2.24) is 0 Å². The quantitative estimate of drug-likeness (QED) is 0.869. The summed E-state index contributed by atoms with van der Waals surface area (Å²) in [5, 5.41) is 3.33. The Morgan fingerprint density at radius 3 is 2.47 bits per heavy atom. The standard InChI is InChI=1S/C15H13ClFNO/c1-9-3-5-12(8-14(9)16)18-15(19)13-6-4-11(17)7-10(13)2/h3-8H,1-2H3,(H,18,19). The molecule has 0 bridgehead atoms. The van der Waals surface area contributed by atoms with Crippen molar-refractivity contribution in [2.45, 2.75) is 13.8 Å². The van der Waals surface area contributed by atoms with Crippen molar-refractivity contribution in [3.05, 3.63) is 63.9 Å². The summed E-state index contributed by atoms with van der Waals surface area (Å²) in [6.45, 7) is 3.58. The topological polar surface area (TPSA) is 29.1 Å². The van der Waals surface area contributed by atoms with E-state index in [-0.39, 0.29) is 11.7 Å². The summed E-state index contributed by atoms with van der Waals surface area (Å²) in [6.07, 6.45) is 0. The number of anilines is 1. The van der Waals surface area contributed by atoms with Gasteiger partial charge in [0.2, 0.25) is 0 Å². The fraction of sp³-hybridized carbons (Fsp3) is 0.133. The minimum atomic E-state index is -0.354. The molecular formula is C15H13ClFNO. The van der Waals surface area contributed by atoms with Crippen LogP contribution < -0.4 is 5.32 Å². The van der Waals surface area contributed by atoms with Gasteiger partial charge in [-0.25, -0.2) is 4.39 Å². The molecule has 0 aliphatic heterocycles. The predicted molar refractivity (Wildman–Crippen MR) is 75.3 cm³/mol. The van der Waals surface area contributed by atoms with Crippen LogP contribution in [0.15, 0.2) is 36.4 Å². The highest BCUT2D eigenvalue weighted by atomic mass is 35.5. The number of nitrogens with one attached hydrogen (secondary N) is 1. The highest BCUT2D eigenvalue weighted by molar-refractivity contribution is 6.31. The van der Waals surface area contributed by atoms with Crippen LogP contribution in [0.2, 0.25) is 5.02 Å². The van der Waals surface area contributed by atoms with E-state index in [0.717, 1.165) is 5.56 Å². The Kier molecular flexibility index (Phi) is 3.86. The number of hydrogen-bond acceptors (Lipinski definition) is 1. The summed E-state index contributed by atoms with van der Waals surface area (Å²) < 4.78 is 13.0. The third kappa shape index (κ3) is 3.12. The second kappa shape index (κ2) is 5.41. The molecule has 4 heteroatoms. The molecule has 19 heavy (non-hydrogen) atoms. The average Bonchev–Trinajstić information content (AvgIpc) is 2.33. The van der Waals surface area contributed by atoms with E-state index in [9.17, 15) is 9.18 Å². The fourth-order valence-electron chi connectivity index (χ4n) is 1.75. The first-order valence-electron chi connectivity index (χ1n) is 5.81. The number of benzene rings is 2. The van der Waals surface area contributed by atoms with Crippen LogP contribution >= 0.6 is 11.6 Å². The molecule has 0 fully saturated rings. The molecule has 98 valence electrons. The van der Waals surface area contributed by atoms with Crippen molar-refractivity contribution >= 4 is 23.2 Å². The van der Waals surface area contributed by atoms with Gasteiger partial charge in [0.1, 0.15) is 5.82 Å². The number of halogens is 2. The van der Waals surface area contributed by atoms with Crippen LogP contribution in [0.5, 0.6) is 0 Å². The van der Waals surface area contributed by atoms with Crippen LogP contribution in [-0.4, -0.2) is 5.91 Å². The van der Waals surface area contributed by atoms with Gasteiger partial charge >= 0.3 is 0 Å². The highest BCUT2D eigenvalue weighted by Crippen LogP contribution is 2.21. The van der Waals surface area contributed by atoms with Gasteiger partial charge in [-0.3, -0.25) is 4.79 Å². The summed E-state index contributed by atoms with van der Waals surface area (Å²) >= 11 is 5.99. The van der Waals surface area contributed by atoms with E-state index in [1.54, 1.807) is 19.1 Å². The van der Waals surface area contributed by atoms with Crippen molar-refractivity contribution in [3.63, 3.8) is 0 Å². The van der Waals surface area contributed by atoms with Crippen molar-refractivity contribution < 1.29 is 9.18 Å². The van der Waals surface area contributed by atoms with Crippen LogP contribution in [0, 0.1) is 19.7 Å². The van der Waals surface area contributed by atoms with Crippen molar-refractivity contribution in [2.75, 3.05) is 5.32 Å². The number of aryl methyl sites for hydroxylation is 2. The lowest BCUT2D eigenvalue weighted by Gasteiger charge is -2.09. The van der Waals surface area contributed by atoms with Crippen LogP contribution in [0.4, 0.5) is 10.1 Å². The van der Waals surface area contributed by atoms with E-state index in [4.69, 9.17) is 11.6 Å². The molecule has 1 N–H and O–H groups in total. The first-order chi connectivity index (χ1) is 8.97. The molecule has 0 radical (unpaired) electrons. The molecule has 0 unspecified atom stereocenters. The molecule has 2 aromatic rings. The van der Waals surface area contributed by atoms with E-state index in [0.29, 0.717) is 21.8 Å². The zero-order chi connectivity index (χ0) is 14.0. The molecule has 0 saturated heterocycles. The van der Waals surface area contributed by atoms with Gasteiger partial charge in [-0.05, 0) is 55.3 Å². The zero-order valence-electron chi connectivity index (χ0n) is 10.6. The minimum absolute atomic E-state index is 0.280. The normalized spacial score (nSPS) is 10.3. The Labute approximate surface area is 116 Å². The smallest absolute Gasteiger partial charge is 0.255 e. The Morgan fingerprint density at radius 2 is 1.84 bits per heavy atom. The van der Waals surface area contributed by atoms with Gasteiger partial charge in [0.25, 0.3) is 5.91 Å². The molecule has 0 aromatic heterocycles. The van der Waals surface area contributed by atoms with Crippen LogP contribution in [0.3, 0.4) is 0 Å². The molecule has 0 heterocycles. The van der Waals surface area contributed by atoms with Gasteiger partial charge in [-0.1, -0.05) is 17.7 Å². The third-order valence-corrected chi connectivity index (χ3v) is 3.27. The lowest BCUT2D eigenvalue weighted by atomic mass is 10.1. The summed E-state index contributed by atoms with van der Waals surface area (Å²) in [7, 11) is 0. The molecule has 0 aliphatic carbocycles. The predicted octanol–water partition coefficient (Wildman–Crippen LogP) is 4.35.